The van der Waals surface area contributed by atoms with Gasteiger partial charge >= 0.3 is 0 Å². The summed E-state index contributed by atoms with van der Waals surface area (Å²) in [5.41, 5.74) is 6.53. The number of hydrogen-bond donors (Lipinski definition) is 1. The lowest BCUT2D eigenvalue weighted by atomic mass is 10.0. The molecule has 0 amide bonds. The number of anilines is 1. The first-order valence-electron chi connectivity index (χ1n) is 4.08. The summed E-state index contributed by atoms with van der Waals surface area (Å²) in [4.78, 5) is 4.19. The Morgan fingerprint density at radius 1 is 1.67 bits per heavy atom. The Morgan fingerprint density at radius 3 is 3.00 bits per heavy atom. The van der Waals surface area contributed by atoms with Gasteiger partial charge in [0.2, 0.25) is 0 Å². The topological polar surface area (TPSA) is 52.0 Å². The van der Waals surface area contributed by atoms with Crippen molar-refractivity contribution in [2.24, 2.45) is 0 Å². The van der Waals surface area contributed by atoms with Crippen LogP contribution in [0.4, 0.5) is 6.01 Å². The van der Waals surface area contributed by atoms with Crippen LogP contribution in [0.3, 0.4) is 0 Å². The molecule has 1 unspecified atom stereocenters. The molecule has 1 aromatic heterocycles. The number of thioether (sulfide) groups is 1. The quantitative estimate of drug-likeness (QED) is 0.723. The van der Waals surface area contributed by atoms with Gasteiger partial charge in [0.1, 0.15) is 5.76 Å². The molecular formula is C8H12N2OS. The molecule has 1 fully saturated rings. The van der Waals surface area contributed by atoms with Crippen LogP contribution in [-0.4, -0.2) is 16.5 Å². The third-order valence-corrected chi connectivity index (χ3v) is 3.33. The number of rotatable bonds is 1. The van der Waals surface area contributed by atoms with Crippen LogP contribution in [0.25, 0.3) is 0 Å². The van der Waals surface area contributed by atoms with E-state index in [0.717, 1.165) is 17.2 Å². The van der Waals surface area contributed by atoms with Crippen LogP contribution in [0.15, 0.2) is 4.42 Å². The summed E-state index contributed by atoms with van der Waals surface area (Å²) < 4.78 is 5.18. The van der Waals surface area contributed by atoms with E-state index in [1.807, 2.05) is 18.7 Å². The summed E-state index contributed by atoms with van der Waals surface area (Å²) in [6.45, 7) is 1.93. The summed E-state index contributed by atoms with van der Waals surface area (Å²) in [6, 6.07) is 0.305. The number of hydrogen-bond acceptors (Lipinski definition) is 4. The molecule has 0 aliphatic carbocycles. The zero-order chi connectivity index (χ0) is 8.55. The van der Waals surface area contributed by atoms with Gasteiger partial charge in [0.25, 0.3) is 6.01 Å². The highest BCUT2D eigenvalue weighted by Crippen LogP contribution is 2.33. The van der Waals surface area contributed by atoms with Crippen molar-refractivity contribution in [2.75, 3.05) is 17.2 Å². The number of nitrogens with two attached hydrogens (primary N) is 1. The van der Waals surface area contributed by atoms with Crippen LogP contribution in [0.2, 0.25) is 0 Å². The highest BCUT2D eigenvalue weighted by Gasteiger charge is 2.23. The van der Waals surface area contributed by atoms with Crippen molar-refractivity contribution in [1.29, 1.82) is 0 Å². The smallest absolute Gasteiger partial charge is 0.292 e. The van der Waals surface area contributed by atoms with E-state index in [2.05, 4.69) is 4.98 Å². The highest BCUT2D eigenvalue weighted by molar-refractivity contribution is 7.99. The van der Waals surface area contributed by atoms with Crippen LogP contribution >= 0.6 is 11.8 Å². The Labute approximate surface area is 75.7 Å². The van der Waals surface area contributed by atoms with Gasteiger partial charge in [-0.05, 0) is 19.1 Å². The number of nitrogens with zero attached hydrogens (tertiary/aromatic N) is 1. The van der Waals surface area contributed by atoms with Gasteiger partial charge in [-0.25, -0.2) is 0 Å². The molecule has 1 saturated heterocycles. The molecule has 2 N–H and O–H groups in total. The first kappa shape index (κ1) is 7.98. The third kappa shape index (κ3) is 1.31. The van der Waals surface area contributed by atoms with Crippen molar-refractivity contribution >= 4 is 17.8 Å². The molecule has 0 saturated carbocycles. The predicted octanol–water partition coefficient (Wildman–Crippen LogP) is 1.79. The van der Waals surface area contributed by atoms with Crippen LogP contribution in [-0.2, 0) is 0 Å². The van der Waals surface area contributed by atoms with Gasteiger partial charge in [-0.15, -0.1) is 0 Å². The number of oxazole rings is 1. The van der Waals surface area contributed by atoms with E-state index in [0.29, 0.717) is 11.9 Å². The molecule has 66 valence electrons. The Balaban J connectivity index is 2.25. The molecule has 0 aromatic carbocycles. The maximum absolute atomic E-state index is 5.46. The second-order valence-electron chi connectivity index (χ2n) is 3.05. The summed E-state index contributed by atoms with van der Waals surface area (Å²) >= 11 is 1.97. The number of aromatic nitrogens is 1. The molecule has 3 nitrogen and oxygen atoms in total. The maximum Gasteiger partial charge on any atom is 0.292 e. The first-order valence-corrected chi connectivity index (χ1v) is 5.23. The van der Waals surface area contributed by atoms with E-state index in [4.69, 9.17) is 10.2 Å². The SMILES string of the molecule is Cc1oc(N)nc1C1CCSC1. The third-order valence-electron chi connectivity index (χ3n) is 2.17. The Kier molecular flexibility index (Phi) is 2.00. The Hall–Kier alpha value is -0.640. The molecule has 2 heterocycles. The van der Waals surface area contributed by atoms with Gasteiger partial charge in [0.15, 0.2) is 0 Å². The molecule has 0 spiro atoms. The Bertz CT molecular complexity index is 279. The lowest BCUT2D eigenvalue weighted by molar-refractivity contribution is 0.541. The monoisotopic (exact) mass is 184 g/mol. The second-order valence-corrected chi connectivity index (χ2v) is 4.20. The van der Waals surface area contributed by atoms with Crippen LogP contribution < -0.4 is 5.73 Å². The molecule has 4 heteroatoms. The van der Waals surface area contributed by atoms with E-state index in [1.54, 1.807) is 0 Å². The van der Waals surface area contributed by atoms with E-state index in [9.17, 15) is 0 Å². The van der Waals surface area contributed by atoms with Crippen molar-refractivity contribution in [1.82, 2.24) is 4.98 Å². The van der Waals surface area contributed by atoms with Gasteiger partial charge in [0.05, 0.1) is 5.69 Å². The largest absolute Gasteiger partial charge is 0.429 e. The molecule has 1 atom stereocenters. The van der Waals surface area contributed by atoms with Crippen molar-refractivity contribution < 1.29 is 4.42 Å². The van der Waals surface area contributed by atoms with Gasteiger partial charge in [-0.3, -0.25) is 0 Å². The van der Waals surface area contributed by atoms with Crippen LogP contribution in [0, 0.1) is 6.92 Å². The number of nitrogen functional groups attached to an aromatic ring is 1. The van der Waals surface area contributed by atoms with Gasteiger partial charge in [-0.1, -0.05) is 0 Å². The van der Waals surface area contributed by atoms with E-state index in [1.165, 1.54) is 12.2 Å². The molecule has 0 radical (unpaired) electrons. The molecule has 1 aliphatic rings. The van der Waals surface area contributed by atoms with E-state index >= 15 is 0 Å². The molecule has 0 bridgehead atoms. The fraction of sp³-hybridized carbons (Fsp3) is 0.625. The van der Waals surface area contributed by atoms with Crippen molar-refractivity contribution in [2.45, 2.75) is 19.3 Å². The minimum atomic E-state index is 0.305. The summed E-state index contributed by atoms with van der Waals surface area (Å²) in [5.74, 6) is 3.85. The fourth-order valence-electron chi connectivity index (χ4n) is 1.56. The normalized spacial score (nSPS) is 23.2. The predicted molar refractivity (Wildman–Crippen MR) is 50.3 cm³/mol. The van der Waals surface area contributed by atoms with Gasteiger partial charge in [0, 0.05) is 11.7 Å². The average molecular weight is 184 g/mol. The van der Waals surface area contributed by atoms with Crippen molar-refractivity contribution in [3.63, 3.8) is 0 Å². The zero-order valence-electron chi connectivity index (χ0n) is 7.04. The minimum Gasteiger partial charge on any atom is -0.429 e. The first-order chi connectivity index (χ1) is 5.77. The van der Waals surface area contributed by atoms with E-state index in [-0.39, 0.29) is 0 Å². The molecule has 2 rings (SSSR count). The summed E-state index contributed by atoms with van der Waals surface area (Å²) in [6.07, 6.45) is 1.21. The molecular weight excluding hydrogens is 172 g/mol. The van der Waals surface area contributed by atoms with E-state index < -0.39 is 0 Å². The Morgan fingerprint density at radius 2 is 2.50 bits per heavy atom. The minimum absolute atomic E-state index is 0.305. The summed E-state index contributed by atoms with van der Waals surface area (Å²) in [7, 11) is 0. The highest BCUT2D eigenvalue weighted by atomic mass is 32.2. The maximum atomic E-state index is 5.46. The van der Waals surface area contributed by atoms with Crippen molar-refractivity contribution in [3.05, 3.63) is 11.5 Å². The zero-order valence-corrected chi connectivity index (χ0v) is 7.86. The lowest BCUT2D eigenvalue weighted by Gasteiger charge is -2.02. The van der Waals surface area contributed by atoms with Crippen LogP contribution in [0.1, 0.15) is 23.8 Å². The standard InChI is InChI=1S/C8H12N2OS/c1-5-7(10-8(9)11-5)6-2-3-12-4-6/h6H,2-4H2,1H3,(H2,9,10). The molecule has 1 aromatic rings. The fourth-order valence-corrected chi connectivity index (χ4v) is 2.79. The van der Waals surface area contributed by atoms with Crippen molar-refractivity contribution in [3.8, 4) is 0 Å². The average Bonchev–Trinajstić information content (AvgIpc) is 2.58. The van der Waals surface area contributed by atoms with Gasteiger partial charge in [-0.2, -0.15) is 16.7 Å². The molecule has 12 heavy (non-hydrogen) atoms. The molecule has 1 aliphatic heterocycles. The van der Waals surface area contributed by atoms with Gasteiger partial charge < -0.3 is 10.2 Å². The summed E-state index contributed by atoms with van der Waals surface area (Å²) in [5, 5.41) is 0. The van der Waals surface area contributed by atoms with Crippen LogP contribution in [0.5, 0.6) is 0 Å². The lowest BCUT2D eigenvalue weighted by Crippen LogP contribution is -1.98. The second kappa shape index (κ2) is 3.01. The number of aryl methyl sites for hydroxylation is 1.